The van der Waals surface area contributed by atoms with E-state index in [9.17, 15) is 18.0 Å². The van der Waals surface area contributed by atoms with Gasteiger partial charge in [-0.2, -0.15) is 8.78 Å². The van der Waals surface area contributed by atoms with E-state index in [2.05, 4.69) is 0 Å². The van der Waals surface area contributed by atoms with Gasteiger partial charge >= 0.3 is 5.92 Å². The van der Waals surface area contributed by atoms with Crippen LogP contribution in [0.5, 0.6) is 0 Å². The third-order valence-electron chi connectivity index (χ3n) is 3.62. The van der Waals surface area contributed by atoms with E-state index < -0.39 is 23.8 Å². The van der Waals surface area contributed by atoms with Gasteiger partial charge in [0.05, 0.1) is 5.92 Å². The van der Waals surface area contributed by atoms with Gasteiger partial charge in [-0.25, -0.2) is 4.39 Å². The molecular formula is C13H17F3O2. The van der Waals surface area contributed by atoms with Crippen molar-refractivity contribution < 1.29 is 22.7 Å². The highest BCUT2D eigenvalue weighted by atomic mass is 19.3. The van der Waals surface area contributed by atoms with Crippen molar-refractivity contribution in [2.75, 3.05) is 6.61 Å². The maximum Gasteiger partial charge on any atom is 0.304 e. The number of ketones is 1. The van der Waals surface area contributed by atoms with Crippen LogP contribution in [0, 0.1) is 5.92 Å². The minimum atomic E-state index is -3.59. The Balaban J connectivity index is 2.31. The van der Waals surface area contributed by atoms with Crippen molar-refractivity contribution in [3.05, 3.63) is 11.9 Å². The molecule has 1 fully saturated rings. The molecule has 2 nitrogen and oxygen atoms in total. The fraction of sp³-hybridized carbons (Fsp3) is 0.769. The fourth-order valence-electron chi connectivity index (χ4n) is 2.60. The Morgan fingerprint density at radius 1 is 1.28 bits per heavy atom. The molecule has 1 aliphatic heterocycles. The lowest BCUT2D eigenvalue weighted by atomic mass is 9.83. The molecule has 0 N–H and O–H groups in total. The minimum absolute atomic E-state index is 0.130. The van der Waals surface area contributed by atoms with E-state index in [0.29, 0.717) is 25.9 Å². The second-order valence-electron chi connectivity index (χ2n) is 4.93. The Kier molecular flexibility index (Phi) is 4.10. The largest absolute Gasteiger partial charge is 0.370 e. The monoisotopic (exact) mass is 262 g/mol. The quantitative estimate of drug-likeness (QED) is 0.668. The smallest absolute Gasteiger partial charge is 0.304 e. The van der Waals surface area contributed by atoms with Gasteiger partial charge in [-0.3, -0.25) is 4.79 Å². The van der Waals surface area contributed by atoms with Crippen LogP contribution < -0.4 is 0 Å². The van der Waals surface area contributed by atoms with E-state index in [1.165, 1.54) is 0 Å². The molecule has 18 heavy (non-hydrogen) atoms. The highest BCUT2D eigenvalue weighted by molar-refractivity contribution is 5.83. The van der Waals surface area contributed by atoms with Gasteiger partial charge in [0, 0.05) is 13.0 Å². The highest BCUT2D eigenvalue weighted by Gasteiger charge is 2.51. The van der Waals surface area contributed by atoms with E-state index in [0.717, 1.165) is 6.08 Å². The second kappa shape index (κ2) is 5.43. The van der Waals surface area contributed by atoms with E-state index in [-0.39, 0.29) is 25.0 Å². The molecule has 1 heterocycles. The molecule has 2 aliphatic rings. The summed E-state index contributed by atoms with van der Waals surface area (Å²) in [5.41, 5.74) is 0. The van der Waals surface area contributed by atoms with Gasteiger partial charge in [0.15, 0.2) is 11.6 Å². The molecule has 2 rings (SSSR count). The summed E-state index contributed by atoms with van der Waals surface area (Å²) in [6.45, 7) is 0.300. The van der Waals surface area contributed by atoms with Crippen molar-refractivity contribution in [2.24, 2.45) is 5.92 Å². The number of hydrogen-bond acceptors (Lipinski definition) is 2. The van der Waals surface area contributed by atoms with Gasteiger partial charge in [0.2, 0.25) is 0 Å². The topological polar surface area (TPSA) is 26.3 Å². The number of allylic oxidation sites excluding steroid dienone is 2. The van der Waals surface area contributed by atoms with Crippen LogP contribution in [-0.2, 0) is 9.53 Å². The number of carbonyl (C=O) groups is 1. The van der Waals surface area contributed by atoms with Crippen LogP contribution in [0.4, 0.5) is 13.2 Å². The zero-order valence-electron chi connectivity index (χ0n) is 10.1. The number of hydrogen-bond donors (Lipinski definition) is 0. The van der Waals surface area contributed by atoms with Crippen LogP contribution in [0.2, 0.25) is 0 Å². The van der Waals surface area contributed by atoms with Crippen molar-refractivity contribution in [1.82, 2.24) is 0 Å². The van der Waals surface area contributed by atoms with Crippen molar-refractivity contribution in [2.45, 2.75) is 50.6 Å². The Hall–Kier alpha value is -0.840. The Morgan fingerprint density at radius 3 is 2.83 bits per heavy atom. The van der Waals surface area contributed by atoms with Gasteiger partial charge in [-0.15, -0.1) is 0 Å². The number of carbonyl (C=O) groups excluding carboxylic acids is 1. The molecule has 0 spiro atoms. The first kappa shape index (κ1) is 13.6. The normalized spacial score (nSPS) is 36.4. The molecule has 1 aliphatic carbocycles. The summed E-state index contributed by atoms with van der Waals surface area (Å²) in [7, 11) is 0. The first-order valence-electron chi connectivity index (χ1n) is 6.41. The molecule has 5 heteroatoms. The summed E-state index contributed by atoms with van der Waals surface area (Å²) in [5, 5.41) is 0. The van der Waals surface area contributed by atoms with Crippen molar-refractivity contribution in [1.29, 1.82) is 0 Å². The van der Waals surface area contributed by atoms with Crippen LogP contribution in [-0.4, -0.2) is 24.4 Å². The summed E-state index contributed by atoms with van der Waals surface area (Å²) in [6, 6.07) is 0. The lowest BCUT2D eigenvalue weighted by Crippen LogP contribution is -2.46. The van der Waals surface area contributed by atoms with E-state index in [1.807, 2.05) is 0 Å². The van der Waals surface area contributed by atoms with Crippen LogP contribution in [0.25, 0.3) is 0 Å². The average Bonchev–Trinajstić information content (AvgIpc) is 2.37. The number of rotatable bonds is 0. The maximum atomic E-state index is 14.0. The van der Waals surface area contributed by atoms with Gasteiger partial charge in [0.1, 0.15) is 6.10 Å². The molecule has 0 unspecified atom stereocenters. The van der Waals surface area contributed by atoms with Gasteiger partial charge in [0.25, 0.3) is 0 Å². The van der Waals surface area contributed by atoms with Crippen molar-refractivity contribution in [3.63, 3.8) is 0 Å². The third kappa shape index (κ3) is 2.60. The minimum Gasteiger partial charge on any atom is -0.370 e. The number of fused-ring (bicyclic) bond motifs is 1. The molecule has 0 radical (unpaired) electrons. The predicted octanol–water partition coefficient (Wildman–Crippen LogP) is 3.41. The van der Waals surface area contributed by atoms with Crippen LogP contribution in [0.3, 0.4) is 0 Å². The van der Waals surface area contributed by atoms with Gasteiger partial charge in [-0.1, -0.05) is 0 Å². The predicted molar refractivity (Wildman–Crippen MR) is 60.1 cm³/mol. The molecule has 0 bridgehead atoms. The molecule has 0 aromatic heterocycles. The Morgan fingerprint density at radius 2 is 2.06 bits per heavy atom. The first-order chi connectivity index (χ1) is 8.53. The molecule has 0 saturated carbocycles. The van der Waals surface area contributed by atoms with Crippen molar-refractivity contribution in [3.8, 4) is 0 Å². The second-order valence-corrected chi connectivity index (χ2v) is 4.93. The van der Waals surface area contributed by atoms with E-state index in [4.69, 9.17) is 4.74 Å². The summed E-state index contributed by atoms with van der Waals surface area (Å²) in [6.07, 6.45) is 2.03. The van der Waals surface area contributed by atoms with E-state index in [1.54, 1.807) is 0 Å². The standard InChI is InChI=1S/C13H17F3O2/c14-11-7-3-1-2-6-10(17)12-9(13(11,15)16)5-4-8-18-12/h7,9,12H,1-6,8H2/b11-7+/t9-,12+/m0/s1. The van der Waals surface area contributed by atoms with E-state index >= 15 is 0 Å². The number of alkyl halides is 2. The lowest BCUT2D eigenvalue weighted by Gasteiger charge is -2.35. The zero-order valence-corrected chi connectivity index (χ0v) is 10.1. The molecule has 0 amide bonds. The number of halogens is 3. The Labute approximate surface area is 104 Å². The summed E-state index contributed by atoms with van der Waals surface area (Å²) >= 11 is 0. The van der Waals surface area contributed by atoms with Crippen LogP contribution >= 0.6 is 0 Å². The molecule has 0 aromatic rings. The number of ether oxygens (including phenoxy) is 1. The molecule has 102 valence electrons. The zero-order chi connectivity index (χ0) is 13.2. The molecule has 1 saturated heterocycles. The van der Waals surface area contributed by atoms with Gasteiger partial charge < -0.3 is 4.74 Å². The SMILES string of the molecule is O=C1CCCC/C=C(/F)C(F)(F)[C@H]2CCCO[C@@H]12. The third-order valence-corrected chi connectivity index (χ3v) is 3.62. The fourth-order valence-corrected chi connectivity index (χ4v) is 2.60. The molecule has 2 atom stereocenters. The first-order valence-corrected chi connectivity index (χ1v) is 6.41. The molecular weight excluding hydrogens is 245 g/mol. The highest BCUT2D eigenvalue weighted by Crippen LogP contribution is 2.42. The summed E-state index contributed by atoms with van der Waals surface area (Å²) < 4.78 is 46.7. The lowest BCUT2D eigenvalue weighted by molar-refractivity contribution is -0.160. The summed E-state index contributed by atoms with van der Waals surface area (Å²) in [5.74, 6) is -6.65. The summed E-state index contributed by atoms with van der Waals surface area (Å²) in [4.78, 5) is 11.9. The van der Waals surface area contributed by atoms with Crippen LogP contribution in [0.15, 0.2) is 11.9 Å². The maximum absolute atomic E-state index is 14.0. The molecule has 0 aromatic carbocycles. The van der Waals surface area contributed by atoms with Crippen molar-refractivity contribution >= 4 is 5.78 Å². The number of Topliss-reactive ketones (excluding diaryl/α,β-unsaturated/α-hetero) is 1. The average molecular weight is 262 g/mol. The van der Waals surface area contributed by atoms with Crippen LogP contribution in [0.1, 0.15) is 38.5 Å². The van der Waals surface area contributed by atoms with Gasteiger partial charge in [-0.05, 0) is 38.2 Å². The Bertz CT molecular complexity index is 352.